The molecule has 0 fully saturated rings. The smallest absolute Gasteiger partial charge is 0.0690 e. The molecule has 0 aliphatic carbocycles. The van der Waals surface area contributed by atoms with Crippen molar-refractivity contribution in [2.45, 2.75) is 13.3 Å². The van der Waals surface area contributed by atoms with Crippen LogP contribution in [0.2, 0.25) is 0 Å². The molecule has 2 aromatic rings. The molecular weight excluding hydrogens is 220 g/mol. The molecule has 0 unspecified atom stereocenters. The lowest BCUT2D eigenvalue weighted by atomic mass is 9.93. The number of benzene rings is 2. The molecule has 1 N–H and O–H groups in total. The second kappa shape index (κ2) is 6.18. The maximum Gasteiger partial charge on any atom is 0.0690 e. The van der Waals surface area contributed by atoms with Gasteiger partial charge in [0.15, 0.2) is 0 Å². The van der Waals surface area contributed by atoms with Crippen LogP contribution in [0.3, 0.4) is 0 Å². The molecule has 1 nitrogen and oxygen atoms in total. The third-order valence-corrected chi connectivity index (χ3v) is 3.12. The Morgan fingerprint density at radius 1 is 0.778 bits per heavy atom. The molecule has 1 heteroatoms. The van der Waals surface area contributed by atoms with E-state index < -0.39 is 0 Å². The minimum atomic E-state index is 0.0715. The summed E-state index contributed by atoms with van der Waals surface area (Å²) >= 11 is 0. The first-order valence-electron chi connectivity index (χ1n) is 6.30. The van der Waals surface area contributed by atoms with Gasteiger partial charge in [0.25, 0.3) is 0 Å². The lowest BCUT2D eigenvalue weighted by molar-refractivity contribution is 0.350. The van der Waals surface area contributed by atoms with Crippen molar-refractivity contribution in [3.8, 4) is 0 Å². The topological polar surface area (TPSA) is 20.2 Å². The molecule has 92 valence electrons. The third-order valence-electron chi connectivity index (χ3n) is 3.12. The van der Waals surface area contributed by atoms with Crippen LogP contribution in [0.25, 0.3) is 11.1 Å². The summed E-state index contributed by atoms with van der Waals surface area (Å²) in [6.45, 7) is 2.20. The standard InChI is InChI=1S/C17H18O/c1-2-16(14-9-5-3-6-10-14)17(13-18)15-11-7-4-8-12-15/h3-12,18H,2,13H2,1H3/b17-16+. The highest BCUT2D eigenvalue weighted by Gasteiger charge is 2.08. The Morgan fingerprint density at radius 3 is 1.61 bits per heavy atom. The summed E-state index contributed by atoms with van der Waals surface area (Å²) in [5, 5.41) is 9.68. The molecule has 0 atom stereocenters. The fraction of sp³-hybridized carbons (Fsp3) is 0.176. The van der Waals surface area contributed by atoms with Crippen LogP contribution < -0.4 is 0 Å². The highest BCUT2D eigenvalue weighted by molar-refractivity contribution is 5.91. The number of hydrogen-bond donors (Lipinski definition) is 1. The fourth-order valence-corrected chi connectivity index (χ4v) is 2.23. The van der Waals surface area contributed by atoms with E-state index >= 15 is 0 Å². The van der Waals surface area contributed by atoms with Gasteiger partial charge in [0, 0.05) is 0 Å². The van der Waals surface area contributed by atoms with Crippen molar-refractivity contribution < 1.29 is 5.11 Å². The molecule has 0 spiro atoms. The monoisotopic (exact) mass is 238 g/mol. The van der Waals surface area contributed by atoms with Gasteiger partial charge in [-0.3, -0.25) is 0 Å². The van der Waals surface area contributed by atoms with Gasteiger partial charge in [-0.05, 0) is 28.7 Å². The number of hydrogen-bond acceptors (Lipinski definition) is 1. The van der Waals surface area contributed by atoms with Gasteiger partial charge in [-0.15, -0.1) is 0 Å². The molecule has 0 bridgehead atoms. The highest BCUT2D eigenvalue weighted by Crippen LogP contribution is 2.28. The van der Waals surface area contributed by atoms with E-state index in [4.69, 9.17) is 0 Å². The molecule has 2 rings (SSSR count). The van der Waals surface area contributed by atoms with E-state index in [1.807, 2.05) is 48.5 Å². The molecule has 0 aliphatic rings. The van der Waals surface area contributed by atoms with Gasteiger partial charge in [-0.2, -0.15) is 0 Å². The predicted octanol–water partition coefficient (Wildman–Crippen LogP) is 4.00. The predicted molar refractivity (Wildman–Crippen MR) is 77.1 cm³/mol. The van der Waals surface area contributed by atoms with Gasteiger partial charge in [-0.25, -0.2) is 0 Å². The van der Waals surface area contributed by atoms with Gasteiger partial charge >= 0.3 is 0 Å². The first-order chi connectivity index (χ1) is 8.86. The van der Waals surface area contributed by atoms with Crippen molar-refractivity contribution in [1.82, 2.24) is 0 Å². The molecule has 0 aromatic heterocycles. The van der Waals surface area contributed by atoms with E-state index in [0.717, 1.165) is 17.6 Å². The zero-order valence-electron chi connectivity index (χ0n) is 10.6. The maximum atomic E-state index is 9.68. The molecule has 2 aromatic carbocycles. The molecule has 18 heavy (non-hydrogen) atoms. The van der Waals surface area contributed by atoms with E-state index in [-0.39, 0.29) is 6.61 Å². The number of aliphatic hydroxyl groups is 1. The average Bonchev–Trinajstić information content (AvgIpc) is 2.46. The molecular formula is C17H18O. The zero-order chi connectivity index (χ0) is 12.8. The Morgan fingerprint density at radius 2 is 1.22 bits per heavy atom. The molecule has 0 heterocycles. The summed E-state index contributed by atoms with van der Waals surface area (Å²) in [6.07, 6.45) is 0.912. The van der Waals surface area contributed by atoms with Crippen molar-refractivity contribution >= 4 is 11.1 Å². The van der Waals surface area contributed by atoms with Crippen molar-refractivity contribution in [1.29, 1.82) is 0 Å². The van der Waals surface area contributed by atoms with Crippen molar-refractivity contribution in [3.63, 3.8) is 0 Å². The van der Waals surface area contributed by atoms with E-state index in [0.29, 0.717) is 0 Å². The first kappa shape index (κ1) is 12.6. The summed E-state index contributed by atoms with van der Waals surface area (Å²) in [5.74, 6) is 0. The second-order valence-corrected chi connectivity index (χ2v) is 4.20. The normalized spacial score (nSPS) is 12.1. The van der Waals surface area contributed by atoms with E-state index in [1.54, 1.807) is 0 Å². The first-order valence-corrected chi connectivity index (χ1v) is 6.30. The van der Waals surface area contributed by atoms with Crippen LogP contribution >= 0.6 is 0 Å². The maximum absolute atomic E-state index is 9.68. The minimum absolute atomic E-state index is 0.0715. The molecule has 0 radical (unpaired) electrons. The van der Waals surface area contributed by atoms with Gasteiger partial charge in [0.1, 0.15) is 0 Å². The van der Waals surface area contributed by atoms with Crippen LogP contribution in [0.15, 0.2) is 60.7 Å². The van der Waals surface area contributed by atoms with E-state index in [2.05, 4.69) is 19.1 Å². The number of rotatable bonds is 4. The van der Waals surface area contributed by atoms with Crippen LogP contribution in [0.4, 0.5) is 0 Å². The van der Waals surface area contributed by atoms with Crippen molar-refractivity contribution in [2.75, 3.05) is 6.61 Å². The van der Waals surface area contributed by atoms with Gasteiger partial charge in [0.05, 0.1) is 6.61 Å². The number of aliphatic hydroxyl groups excluding tert-OH is 1. The Hall–Kier alpha value is -1.86. The Labute approximate surface area is 108 Å². The Bertz CT molecular complexity index is 462. The molecule has 0 saturated carbocycles. The summed E-state index contributed by atoms with van der Waals surface area (Å²) in [5.41, 5.74) is 4.52. The minimum Gasteiger partial charge on any atom is -0.392 e. The lowest BCUT2D eigenvalue weighted by Crippen LogP contribution is -1.96. The second-order valence-electron chi connectivity index (χ2n) is 4.20. The van der Waals surface area contributed by atoms with Crippen LogP contribution in [0.5, 0.6) is 0 Å². The van der Waals surface area contributed by atoms with E-state index in [9.17, 15) is 5.11 Å². The quantitative estimate of drug-likeness (QED) is 0.798. The molecule has 0 amide bonds. The summed E-state index contributed by atoms with van der Waals surface area (Å²) in [7, 11) is 0. The SMILES string of the molecule is CC/C(=C(/CO)c1ccccc1)c1ccccc1. The van der Waals surface area contributed by atoms with Crippen molar-refractivity contribution in [2.24, 2.45) is 0 Å². The Kier molecular flexibility index (Phi) is 4.32. The van der Waals surface area contributed by atoms with Crippen LogP contribution in [-0.2, 0) is 0 Å². The van der Waals surface area contributed by atoms with Crippen LogP contribution in [0, 0.1) is 0 Å². The summed E-state index contributed by atoms with van der Waals surface area (Å²) in [4.78, 5) is 0. The fourth-order valence-electron chi connectivity index (χ4n) is 2.23. The molecule has 0 saturated heterocycles. The zero-order valence-corrected chi connectivity index (χ0v) is 10.6. The van der Waals surface area contributed by atoms with Crippen LogP contribution in [0.1, 0.15) is 24.5 Å². The molecule has 0 aliphatic heterocycles. The average molecular weight is 238 g/mol. The largest absolute Gasteiger partial charge is 0.392 e. The van der Waals surface area contributed by atoms with Crippen molar-refractivity contribution in [3.05, 3.63) is 71.8 Å². The van der Waals surface area contributed by atoms with Gasteiger partial charge in [0.2, 0.25) is 0 Å². The summed E-state index contributed by atoms with van der Waals surface area (Å²) in [6, 6.07) is 20.4. The number of allylic oxidation sites excluding steroid dienone is 1. The van der Waals surface area contributed by atoms with Gasteiger partial charge < -0.3 is 5.11 Å². The lowest BCUT2D eigenvalue weighted by Gasteiger charge is -2.13. The Balaban J connectivity index is 2.53. The van der Waals surface area contributed by atoms with E-state index in [1.165, 1.54) is 11.1 Å². The van der Waals surface area contributed by atoms with Gasteiger partial charge in [-0.1, -0.05) is 67.6 Å². The highest BCUT2D eigenvalue weighted by atomic mass is 16.3. The third kappa shape index (κ3) is 2.69. The van der Waals surface area contributed by atoms with Crippen LogP contribution in [-0.4, -0.2) is 11.7 Å². The summed E-state index contributed by atoms with van der Waals surface area (Å²) < 4.78 is 0.